The van der Waals surface area contributed by atoms with E-state index in [9.17, 15) is 9.46 Å². The summed E-state index contributed by atoms with van der Waals surface area (Å²) in [6.45, 7) is 1.95. The number of hydrogen-bond donors (Lipinski definition) is 1. The molecular weight excluding hydrogens is 223 g/mol. The zero-order chi connectivity index (χ0) is 10.9. The molecule has 0 aromatic rings. The number of rotatable bonds is 9. The predicted molar refractivity (Wildman–Crippen MR) is 57.5 cm³/mol. The quantitative estimate of drug-likeness (QED) is 0.381. The topological polar surface area (TPSA) is 58.6 Å². The van der Waals surface area contributed by atoms with Crippen LogP contribution in [0.25, 0.3) is 0 Å². The summed E-state index contributed by atoms with van der Waals surface area (Å²) in [4.78, 5) is 10.9. The molecule has 0 aliphatic carbocycles. The third kappa shape index (κ3) is 9.03. The minimum absolute atomic E-state index is 0.125. The molecule has 0 saturated heterocycles. The molecule has 0 saturated carbocycles. The summed E-state index contributed by atoms with van der Waals surface area (Å²) in [6.07, 6.45) is 3.83. The SMILES string of the molecule is CCOP(=O)([O-])OCCCCCCS. The number of hydrogen-bond acceptors (Lipinski definition) is 5. The number of phosphoric acid groups is 1. The van der Waals surface area contributed by atoms with Crippen LogP contribution in [0.5, 0.6) is 0 Å². The molecule has 0 bridgehead atoms. The van der Waals surface area contributed by atoms with Crippen LogP contribution in [-0.2, 0) is 13.6 Å². The lowest BCUT2D eigenvalue weighted by molar-refractivity contribution is -0.225. The van der Waals surface area contributed by atoms with Gasteiger partial charge in [0.25, 0.3) is 7.82 Å². The Balaban J connectivity index is 3.30. The fourth-order valence-electron chi connectivity index (χ4n) is 0.939. The smallest absolute Gasteiger partial charge is 0.267 e. The monoisotopic (exact) mass is 241 g/mol. The van der Waals surface area contributed by atoms with Crippen molar-refractivity contribution in [2.45, 2.75) is 32.6 Å². The summed E-state index contributed by atoms with van der Waals surface area (Å²) >= 11 is 4.07. The standard InChI is InChI=1S/C8H19O4PS/c1-2-11-13(9,10)12-7-5-3-4-6-8-14/h14H,2-8H2,1H3,(H,9,10)/p-1. The molecule has 1 unspecified atom stereocenters. The molecule has 1 atom stereocenters. The van der Waals surface area contributed by atoms with Crippen LogP contribution in [-0.4, -0.2) is 19.0 Å². The molecule has 6 heteroatoms. The van der Waals surface area contributed by atoms with E-state index < -0.39 is 7.82 Å². The minimum atomic E-state index is -4.01. The average Bonchev–Trinajstić information content (AvgIpc) is 2.11. The van der Waals surface area contributed by atoms with E-state index in [1.54, 1.807) is 6.92 Å². The van der Waals surface area contributed by atoms with Gasteiger partial charge in [0.05, 0.1) is 13.2 Å². The highest BCUT2D eigenvalue weighted by atomic mass is 32.1. The van der Waals surface area contributed by atoms with Crippen molar-refractivity contribution in [3.63, 3.8) is 0 Å². The maximum Gasteiger partial charge on any atom is 0.267 e. The van der Waals surface area contributed by atoms with Gasteiger partial charge in [0.2, 0.25) is 0 Å². The molecule has 0 rings (SSSR count). The van der Waals surface area contributed by atoms with E-state index in [2.05, 4.69) is 21.7 Å². The van der Waals surface area contributed by atoms with Gasteiger partial charge < -0.3 is 13.9 Å². The van der Waals surface area contributed by atoms with Gasteiger partial charge in [-0.3, -0.25) is 4.57 Å². The van der Waals surface area contributed by atoms with Crippen LogP contribution in [0.1, 0.15) is 32.6 Å². The molecule has 0 N–H and O–H groups in total. The molecule has 0 aliphatic heterocycles. The van der Waals surface area contributed by atoms with Gasteiger partial charge in [-0.1, -0.05) is 12.8 Å². The Labute approximate surface area is 91.0 Å². The maximum atomic E-state index is 10.9. The second kappa shape index (κ2) is 8.74. The number of unbranched alkanes of at least 4 members (excludes halogenated alkanes) is 3. The van der Waals surface area contributed by atoms with Crippen molar-refractivity contribution in [2.75, 3.05) is 19.0 Å². The van der Waals surface area contributed by atoms with Crippen LogP contribution in [0, 0.1) is 0 Å². The van der Waals surface area contributed by atoms with Gasteiger partial charge in [0.15, 0.2) is 0 Å². The Morgan fingerprint density at radius 3 is 2.43 bits per heavy atom. The fourth-order valence-corrected chi connectivity index (χ4v) is 1.91. The molecular formula is C8H18O4PS-. The summed E-state index contributed by atoms with van der Waals surface area (Å²) in [5, 5.41) is 0. The maximum absolute atomic E-state index is 10.9. The van der Waals surface area contributed by atoms with Crippen molar-refractivity contribution >= 4 is 20.5 Å². The van der Waals surface area contributed by atoms with Gasteiger partial charge in [-0.2, -0.15) is 12.6 Å². The first kappa shape index (κ1) is 14.5. The molecule has 0 fully saturated rings. The van der Waals surface area contributed by atoms with E-state index in [1.807, 2.05) is 0 Å². The molecule has 4 nitrogen and oxygen atoms in total. The molecule has 0 aromatic heterocycles. The lowest BCUT2D eigenvalue weighted by Gasteiger charge is -2.21. The first-order valence-corrected chi connectivity index (χ1v) is 6.92. The first-order chi connectivity index (χ1) is 6.62. The molecule has 0 amide bonds. The van der Waals surface area contributed by atoms with Crippen molar-refractivity contribution in [3.8, 4) is 0 Å². The van der Waals surface area contributed by atoms with Crippen molar-refractivity contribution in [1.29, 1.82) is 0 Å². The highest BCUT2D eigenvalue weighted by molar-refractivity contribution is 7.80. The van der Waals surface area contributed by atoms with Gasteiger partial charge in [-0.25, -0.2) is 0 Å². The van der Waals surface area contributed by atoms with Gasteiger partial charge in [-0.05, 0) is 25.5 Å². The second-order valence-corrected chi connectivity index (χ2v) is 4.69. The summed E-state index contributed by atoms with van der Waals surface area (Å²) in [5.41, 5.74) is 0. The molecule has 0 spiro atoms. The van der Waals surface area contributed by atoms with E-state index >= 15 is 0 Å². The van der Waals surface area contributed by atoms with Crippen molar-refractivity contribution < 1.29 is 18.5 Å². The van der Waals surface area contributed by atoms with Crippen LogP contribution in [0.2, 0.25) is 0 Å². The van der Waals surface area contributed by atoms with Crippen molar-refractivity contribution in [3.05, 3.63) is 0 Å². The molecule has 0 aliphatic rings. The Morgan fingerprint density at radius 2 is 1.86 bits per heavy atom. The Bertz CT molecular complexity index is 177. The van der Waals surface area contributed by atoms with Crippen LogP contribution >= 0.6 is 20.5 Å². The molecule has 0 heterocycles. The van der Waals surface area contributed by atoms with Gasteiger partial charge in [0.1, 0.15) is 0 Å². The number of thiol groups is 1. The zero-order valence-electron chi connectivity index (χ0n) is 8.48. The third-order valence-corrected chi connectivity index (χ3v) is 2.98. The third-order valence-electron chi connectivity index (χ3n) is 1.59. The molecule has 0 radical (unpaired) electrons. The normalized spacial score (nSPS) is 15.4. The van der Waals surface area contributed by atoms with Crippen LogP contribution in [0.3, 0.4) is 0 Å². The summed E-state index contributed by atoms with van der Waals surface area (Å²) < 4.78 is 19.9. The number of phosphoric ester groups is 1. The predicted octanol–water partition coefficient (Wildman–Crippen LogP) is 2.00. The largest absolute Gasteiger partial charge is 0.756 e. The van der Waals surface area contributed by atoms with Crippen molar-refractivity contribution in [2.24, 2.45) is 0 Å². The lowest BCUT2D eigenvalue weighted by atomic mass is 10.2. The minimum Gasteiger partial charge on any atom is -0.756 e. The van der Waals surface area contributed by atoms with Gasteiger partial charge in [0, 0.05) is 0 Å². The average molecular weight is 241 g/mol. The Morgan fingerprint density at radius 1 is 1.21 bits per heavy atom. The zero-order valence-corrected chi connectivity index (χ0v) is 10.3. The van der Waals surface area contributed by atoms with E-state index in [4.69, 9.17) is 0 Å². The van der Waals surface area contributed by atoms with Crippen LogP contribution in [0.15, 0.2) is 0 Å². The Hall–Kier alpha value is 0.460. The van der Waals surface area contributed by atoms with Gasteiger partial charge in [-0.15, -0.1) is 0 Å². The van der Waals surface area contributed by atoms with Gasteiger partial charge >= 0.3 is 0 Å². The summed E-state index contributed by atoms with van der Waals surface area (Å²) in [5.74, 6) is 0.875. The van der Waals surface area contributed by atoms with Crippen molar-refractivity contribution in [1.82, 2.24) is 0 Å². The summed E-state index contributed by atoms with van der Waals surface area (Å²) in [7, 11) is -4.01. The molecule has 86 valence electrons. The summed E-state index contributed by atoms with van der Waals surface area (Å²) in [6, 6.07) is 0. The van der Waals surface area contributed by atoms with E-state index in [-0.39, 0.29) is 13.2 Å². The molecule has 0 aromatic carbocycles. The fraction of sp³-hybridized carbons (Fsp3) is 1.00. The lowest BCUT2D eigenvalue weighted by Crippen LogP contribution is -2.08. The highest BCUT2D eigenvalue weighted by Gasteiger charge is 2.06. The second-order valence-electron chi connectivity index (χ2n) is 2.84. The van der Waals surface area contributed by atoms with E-state index in [0.29, 0.717) is 0 Å². The van der Waals surface area contributed by atoms with Crippen LogP contribution in [0.4, 0.5) is 0 Å². The first-order valence-electron chi connectivity index (χ1n) is 4.83. The highest BCUT2D eigenvalue weighted by Crippen LogP contribution is 2.37. The Kier molecular flexibility index (Phi) is 9.03. The molecule has 14 heavy (non-hydrogen) atoms. The van der Waals surface area contributed by atoms with E-state index in [0.717, 1.165) is 31.4 Å². The van der Waals surface area contributed by atoms with Crippen LogP contribution < -0.4 is 4.89 Å². The van der Waals surface area contributed by atoms with E-state index in [1.165, 1.54) is 0 Å².